The summed E-state index contributed by atoms with van der Waals surface area (Å²) in [7, 11) is 0. The number of carbonyl (C=O) groups is 1. The van der Waals surface area contributed by atoms with E-state index in [2.05, 4.69) is 31.3 Å². The van der Waals surface area contributed by atoms with Gasteiger partial charge >= 0.3 is 0 Å². The molecule has 0 radical (unpaired) electrons. The minimum Gasteiger partial charge on any atom is -0.394 e. The van der Waals surface area contributed by atoms with Crippen LogP contribution in [0.4, 0.5) is 0 Å². The molecule has 1 amide bonds. The van der Waals surface area contributed by atoms with E-state index in [0.29, 0.717) is 6.42 Å². The molecular weight excluding hydrogens is 622 g/mol. The molecule has 0 aromatic heterocycles. The van der Waals surface area contributed by atoms with Crippen molar-refractivity contribution in [1.29, 1.82) is 0 Å². The van der Waals surface area contributed by atoms with E-state index in [-0.39, 0.29) is 12.5 Å². The predicted molar refractivity (Wildman–Crippen MR) is 198 cm³/mol. The molecular formula is C40H75NO8. The largest absolute Gasteiger partial charge is 0.394 e. The molecule has 7 atom stereocenters. The first-order chi connectivity index (χ1) is 23.8. The Morgan fingerprint density at radius 3 is 1.71 bits per heavy atom. The highest BCUT2D eigenvalue weighted by Crippen LogP contribution is 2.22. The van der Waals surface area contributed by atoms with Crippen molar-refractivity contribution in [2.45, 2.75) is 211 Å². The predicted octanol–water partition coefficient (Wildman–Crippen LogP) is 7.16. The van der Waals surface area contributed by atoms with Crippen molar-refractivity contribution in [3.63, 3.8) is 0 Å². The van der Waals surface area contributed by atoms with Gasteiger partial charge in [-0.25, -0.2) is 0 Å². The topological polar surface area (TPSA) is 149 Å². The molecule has 6 N–H and O–H groups in total. The quantitative estimate of drug-likeness (QED) is 0.0320. The van der Waals surface area contributed by atoms with E-state index in [0.717, 1.165) is 38.5 Å². The van der Waals surface area contributed by atoms with Gasteiger partial charge < -0.3 is 40.3 Å². The van der Waals surface area contributed by atoms with Crippen LogP contribution in [0.3, 0.4) is 0 Å². The van der Waals surface area contributed by atoms with Crippen LogP contribution in [0.1, 0.15) is 168 Å². The van der Waals surface area contributed by atoms with Gasteiger partial charge in [-0.15, -0.1) is 0 Å². The van der Waals surface area contributed by atoms with Gasteiger partial charge in [0.15, 0.2) is 6.29 Å². The summed E-state index contributed by atoms with van der Waals surface area (Å²) in [6.07, 6.45) is 27.9. The van der Waals surface area contributed by atoms with Crippen LogP contribution in [0.5, 0.6) is 0 Å². The molecule has 0 aliphatic carbocycles. The number of carbonyl (C=O) groups excluding carboxylic acids is 1. The van der Waals surface area contributed by atoms with Crippen LogP contribution in [0, 0.1) is 0 Å². The maximum absolute atomic E-state index is 12.9. The zero-order valence-electron chi connectivity index (χ0n) is 31.2. The molecule has 1 heterocycles. The molecule has 1 aliphatic rings. The van der Waals surface area contributed by atoms with Crippen molar-refractivity contribution < 1.29 is 39.8 Å². The summed E-state index contributed by atoms with van der Waals surface area (Å²) in [6, 6.07) is -0.814. The van der Waals surface area contributed by atoms with Crippen LogP contribution in [0.15, 0.2) is 24.3 Å². The Morgan fingerprint density at radius 2 is 1.16 bits per heavy atom. The normalized spacial score (nSPS) is 22.6. The number of allylic oxidation sites excluding steroid dienone is 3. The molecule has 2 unspecified atom stereocenters. The lowest BCUT2D eigenvalue weighted by molar-refractivity contribution is -0.302. The minimum absolute atomic E-state index is 0.189. The first kappa shape index (κ1) is 45.7. The molecule has 49 heavy (non-hydrogen) atoms. The monoisotopic (exact) mass is 698 g/mol. The minimum atomic E-state index is -1.57. The Balaban J connectivity index is 2.47. The van der Waals surface area contributed by atoms with Crippen LogP contribution < -0.4 is 5.32 Å². The fraction of sp³-hybridized carbons (Fsp3) is 0.875. The fourth-order valence-corrected chi connectivity index (χ4v) is 6.23. The van der Waals surface area contributed by atoms with Crippen molar-refractivity contribution in [3.8, 4) is 0 Å². The summed E-state index contributed by atoms with van der Waals surface area (Å²) >= 11 is 0. The number of hydrogen-bond acceptors (Lipinski definition) is 8. The highest BCUT2D eigenvalue weighted by molar-refractivity contribution is 5.76. The van der Waals surface area contributed by atoms with Gasteiger partial charge in [0.1, 0.15) is 24.4 Å². The fourth-order valence-electron chi connectivity index (χ4n) is 6.23. The molecule has 1 rings (SSSR count). The molecule has 0 bridgehead atoms. The van der Waals surface area contributed by atoms with E-state index in [1.165, 1.54) is 109 Å². The second-order valence-corrected chi connectivity index (χ2v) is 14.1. The summed E-state index contributed by atoms with van der Waals surface area (Å²) in [5.74, 6) is -0.189. The maximum atomic E-state index is 12.9. The average Bonchev–Trinajstić information content (AvgIpc) is 3.10. The lowest BCUT2D eigenvalue weighted by atomic mass is 9.99. The van der Waals surface area contributed by atoms with Crippen LogP contribution in [0.25, 0.3) is 0 Å². The molecule has 0 spiro atoms. The zero-order chi connectivity index (χ0) is 36.0. The molecule has 1 saturated heterocycles. The Kier molecular flexibility index (Phi) is 29.3. The summed E-state index contributed by atoms with van der Waals surface area (Å²) in [6.45, 7) is 3.72. The second kappa shape index (κ2) is 31.4. The number of aliphatic hydroxyl groups is 5. The summed E-state index contributed by atoms with van der Waals surface area (Å²) in [5, 5.41) is 53.9. The smallest absolute Gasteiger partial charge is 0.220 e. The lowest BCUT2D eigenvalue weighted by Gasteiger charge is -2.40. The molecule has 288 valence electrons. The van der Waals surface area contributed by atoms with E-state index in [1.54, 1.807) is 6.08 Å². The lowest BCUT2D eigenvalue weighted by Crippen LogP contribution is -2.60. The standard InChI is InChI=1S/C40H75NO8/c1-3-5-7-9-11-13-15-17-18-19-21-23-25-27-29-34(43)33(32-48-40-39(47)38(46)37(45)35(31-42)49-40)41-36(44)30-28-26-24-22-20-16-14-12-10-8-6-4-2/h19,21,27,29,33-35,37-40,42-43,45-47H,3-18,20,22-26,28,30-32H2,1-2H3,(H,41,44)/b21-19+,29-27+/t33-,34+,35+,37+,38?,39?,40+/m0/s1. The van der Waals surface area contributed by atoms with E-state index in [4.69, 9.17) is 9.47 Å². The third-order valence-electron chi connectivity index (χ3n) is 9.53. The van der Waals surface area contributed by atoms with Crippen molar-refractivity contribution in [3.05, 3.63) is 24.3 Å². The van der Waals surface area contributed by atoms with Crippen molar-refractivity contribution in [1.82, 2.24) is 5.32 Å². The third kappa shape index (κ3) is 23.0. The Labute approximate surface area is 298 Å². The van der Waals surface area contributed by atoms with Crippen molar-refractivity contribution >= 4 is 5.91 Å². The number of amides is 1. The van der Waals surface area contributed by atoms with Crippen molar-refractivity contribution in [2.75, 3.05) is 13.2 Å². The molecule has 0 saturated carbocycles. The molecule has 9 nitrogen and oxygen atoms in total. The van der Waals surface area contributed by atoms with Gasteiger partial charge in [0, 0.05) is 6.42 Å². The van der Waals surface area contributed by atoms with E-state index < -0.39 is 49.5 Å². The summed E-state index contributed by atoms with van der Waals surface area (Å²) in [4.78, 5) is 12.9. The first-order valence-electron chi connectivity index (χ1n) is 20.1. The van der Waals surface area contributed by atoms with E-state index in [1.807, 2.05) is 6.08 Å². The third-order valence-corrected chi connectivity index (χ3v) is 9.53. The molecule has 9 heteroatoms. The van der Waals surface area contributed by atoms with Gasteiger partial charge in [-0.1, -0.05) is 154 Å². The first-order valence-corrected chi connectivity index (χ1v) is 20.1. The van der Waals surface area contributed by atoms with Crippen molar-refractivity contribution in [2.24, 2.45) is 0 Å². The number of hydrogen-bond donors (Lipinski definition) is 6. The number of rotatable bonds is 32. The van der Waals surface area contributed by atoms with Gasteiger partial charge in [0.05, 0.1) is 25.4 Å². The highest BCUT2D eigenvalue weighted by Gasteiger charge is 2.44. The SMILES string of the molecule is CCCCCCCCCC/C=C/CC/C=C/[C@@H](O)[C@H](CO[C@@H]1O[C@H](CO)[C@@H](O)C(O)C1O)NC(=O)CCCCCCCCCCCCCC. The van der Waals surface area contributed by atoms with Gasteiger partial charge in [0.25, 0.3) is 0 Å². The number of nitrogens with one attached hydrogen (secondary N) is 1. The van der Waals surface area contributed by atoms with E-state index in [9.17, 15) is 30.3 Å². The number of aliphatic hydroxyl groups excluding tert-OH is 5. The highest BCUT2D eigenvalue weighted by atomic mass is 16.7. The Morgan fingerprint density at radius 1 is 0.673 bits per heavy atom. The van der Waals surface area contributed by atoms with Gasteiger partial charge in [0.2, 0.25) is 5.91 Å². The summed E-state index contributed by atoms with van der Waals surface area (Å²) in [5.41, 5.74) is 0. The Hall–Kier alpha value is -1.33. The zero-order valence-corrected chi connectivity index (χ0v) is 31.2. The summed E-state index contributed by atoms with van der Waals surface area (Å²) < 4.78 is 11.1. The number of ether oxygens (including phenoxy) is 2. The van der Waals surface area contributed by atoms with Crippen LogP contribution in [-0.4, -0.2) is 87.5 Å². The van der Waals surface area contributed by atoms with Gasteiger partial charge in [-0.05, 0) is 32.1 Å². The molecule has 0 aromatic rings. The van der Waals surface area contributed by atoms with Gasteiger partial charge in [-0.2, -0.15) is 0 Å². The second-order valence-electron chi connectivity index (χ2n) is 14.1. The molecule has 1 fully saturated rings. The van der Waals surface area contributed by atoms with Gasteiger partial charge in [-0.3, -0.25) is 4.79 Å². The van der Waals surface area contributed by atoms with Crippen LogP contribution in [0.2, 0.25) is 0 Å². The van der Waals surface area contributed by atoms with Crippen LogP contribution >= 0.6 is 0 Å². The van der Waals surface area contributed by atoms with E-state index >= 15 is 0 Å². The van der Waals surface area contributed by atoms with Crippen LogP contribution in [-0.2, 0) is 14.3 Å². The molecule has 0 aromatic carbocycles. The number of unbranched alkanes of at least 4 members (excludes halogenated alkanes) is 20. The maximum Gasteiger partial charge on any atom is 0.220 e. The molecule has 1 aliphatic heterocycles. The average molecular weight is 698 g/mol. The Bertz CT molecular complexity index is 822.